The summed E-state index contributed by atoms with van der Waals surface area (Å²) in [6, 6.07) is 8.34. The maximum atomic E-state index is 14.5. The van der Waals surface area contributed by atoms with Crippen LogP contribution in [-0.4, -0.2) is 44.3 Å². The SMILES string of the molecule is CCOC(=O)C1CCN(S(=O)(=O)c2ccc(NC(=O)c3ccccc3F)c(F)c2)CC1. The van der Waals surface area contributed by atoms with Crippen molar-refractivity contribution in [2.75, 3.05) is 25.0 Å². The van der Waals surface area contributed by atoms with Gasteiger partial charge in [-0.2, -0.15) is 4.31 Å². The van der Waals surface area contributed by atoms with Crippen molar-refractivity contribution in [3.63, 3.8) is 0 Å². The third kappa shape index (κ3) is 5.08. The minimum absolute atomic E-state index is 0.110. The Morgan fingerprint density at radius 2 is 1.77 bits per heavy atom. The lowest BCUT2D eigenvalue weighted by Gasteiger charge is -2.30. The Kier molecular flexibility index (Phi) is 7.01. The van der Waals surface area contributed by atoms with Crippen LogP contribution in [0.4, 0.5) is 14.5 Å². The Bertz CT molecular complexity index is 1080. The summed E-state index contributed by atoms with van der Waals surface area (Å²) in [5, 5.41) is 2.24. The van der Waals surface area contributed by atoms with Crippen molar-refractivity contribution < 1.29 is 31.5 Å². The number of nitrogens with zero attached hydrogens (tertiary/aromatic N) is 1. The van der Waals surface area contributed by atoms with E-state index in [9.17, 15) is 26.8 Å². The van der Waals surface area contributed by atoms with Gasteiger partial charge < -0.3 is 10.1 Å². The van der Waals surface area contributed by atoms with Gasteiger partial charge in [0.2, 0.25) is 10.0 Å². The molecule has 2 aromatic carbocycles. The van der Waals surface area contributed by atoms with Gasteiger partial charge in [-0.15, -0.1) is 0 Å². The number of sulfonamides is 1. The molecule has 1 saturated heterocycles. The standard InChI is InChI=1S/C21H22F2N2O5S/c1-2-30-21(27)14-9-11-25(12-10-14)31(28,29)15-7-8-19(18(23)13-15)24-20(26)16-5-3-4-6-17(16)22/h3-8,13-14H,2,9-12H2,1H3,(H,24,26). The van der Waals surface area contributed by atoms with Crippen LogP contribution >= 0.6 is 0 Å². The molecule has 166 valence electrons. The van der Waals surface area contributed by atoms with Crippen molar-refractivity contribution in [2.45, 2.75) is 24.7 Å². The summed E-state index contributed by atoms with van der Waals surface area (Å²) in [6.45, 7) is 2.18. The van der Waals surface area contributed by atoms with Gasteiger partial charge in [0.1, 0.15) is 11.6 Å². The van der Waals surface area contributed by atoms with E-state index in [4.69, 9.17) is 4.74 Å². The average molecular weight is 452 g/mol. The fraction of sp³-hybridized carbons (Fsp3) is 0.333. The van der Waals surface area contributed by atoms with Gasteiger partial charge in [-0.3, -0.25) is 9.59 Å². The summed E-state index contributed by atoms with van der Waals surface area (Å²) in [6.07, 6.45) is 0.634. The Labute approximate surface area is 179 Å². The lowest BCUT2D eigenvalue weighted by molar-refractivity contribution is -0.149. The number of rotatable bonds is 6. The fourth-order valence-electron chi connectivity index (χ4n) is 3.33. The number of benzene rings is 2. The molecule has 1 heterocycles. The summed E-state index contributed by atoms with van der Waals surface area (Å²) in [4.78, 5) is 23.7. The summed E-state index contributed by atoms with van der Waals surface area (Å²) in [7, 11) is -3.98. The number of nitrogens with one attached hydrogen (secondary N) is 1. The number of amides is 1. The molecule has 0 aromatic heterocycles. The van der Waals surface area contributed by atoms with E-state index in [0.29, 0.717) is 12.8 Å². The molecule has 1 N–H and O–H groups in total. The molecule has 7 nitrogen and oxygen atoms in total. The first-order valence-corrected chi connectivity index (χ1v) is 11.2. The zero-order valence-corrected chi connectivity index (χ0v) is 17.6. The average Bonchev–Trinajstić information content (AvgIpc) is 2.75. The quantitative estimate of drug-likeness (QED) is 0.680. The summed E-state index contributed by atoms with van der Waals surface area (Å²) in [5.74, 6) is -3.29. The van der Waals surface area contributed by atoms with Crippen LogP contribution in [0.25, 0.3) is 0 Å². The van der Waals surface area contributed by atoms with Crippen molar-refractivity contribution in [1.29, 1.82) is 0 Å². The molecule has 0 unspecified atom stereocenters. The van der Waals surface area contributed by atoms with E-state index in [1.807, 2.05) is 0 Å². The summed E-state index contributed by atoms with van der Waals surface area (Å²) >= 11 is 0. The second-order valence-electron chi connectivity index (χ2n) is 7.01. The molecular weight excluding hydrogens is 430 g/mol. The molecule has 1 aliphatic heterocycles. The number of esters is 1. The fourth-order valence-corrected chi connectivity index (χ4v) is 4.82. The first-order valence-electron chi connectivity index (χ1n) is 9.76. The first kappa shape index (κ1) is 22.8. The third-order valence-corrected chi connectivity index (χ3v) is 6.91. The second-order valence-corrected chi connectivity index (χ2v) is 8.94. The van der Waals surface area contributed by atoms with Gasteiger partial charge in [-0.1, -0.05) is 12.1 Å². The number of hydrogen-bond donors (Lipinski definition) is 1. The van der Waals surface area contributed by atoms with Gasteiger partial charge in [0.25, 0.3) is 5.91 Å². The molecule has 1 aliphatic rings. The van der Waals surface area contributed by atoms with Crippen molar-refractivity contribution >= 4 is 27.6 Å². The van der Waals surface area contributed by atoms with Crippen molar-refractivity contribution in [1.82, 2.24) is 4.31 Å². The molecule has 0 saturated carbocycles. The van der Waals surface area contributed by atoms with E-state index in [-0.39, 0.29) is 47.7 Å². The molecule has 0 aliphatic carbocycles. The third-order valence-electron chi connectivity index (χ3n) is 5.02. The van der Waals surface area contributed by atoms with Crippen LogP contribution in [0, 0.1) is 17.6 Å². The van der Waals surface area contributed by atoms with Crippen molar-refractivity contribution in [3.05, 3.63) is 59.7 Å². The highest BCUT2D eigenvalue weighted by Crippen LogP contribution is 2.27. The number of halogens is 2. The highest BCUT2D eigenvalue weighted by atomic mass is 32.2. The van der Waals surface area contributed by atoms with Gasteiger partial charge >= 0.3 is 5.97 Å². The van der Waals surface area contributed by atoms with E-state index < -0.39 is 27.6 Å². The maximum absolute atomic E-state index is 14.5. The van der Waals surface area contributed by atoms with E-state index in [1.54, 1.807) is 6.92 Å². The number of ether oxygens (including phenoxy) is 1. The zero-order chi connectivity index (χ0) is 22.6. The van der Waals surface area contributed by atoms with Crippen molar-refractivity contribution in [3.8, 4) is 0 Å². The number of carbonyl (C=O) groups excluding carboxylic acids is 2. The molecule has 10 heteroatoms. The molecular formula is C21H22F2N2O5S. The second kappa shape index (κ2) is 9.52. The molecule has 0 bridgehead atoms. The first-order chi connectivity index (χ1) is 14.7. The zero-order valence-electron chi connectivity index (χ0n) is 16.8. The largest absolute Gasteiger partial charge is 0.466 e. The predicted octanol–water partition coefficient (Wildman–Crippen LogP) is 3.18. The molecule has 3 rings (SSSR count). The van der Waals surface area contributed by atoms with Crippen LogP contribution in [0.3, 0.4) is 0 Å². The molecule has 1 amide bonds. The van der Waals surface area contributed by atoms with E-state index in [2.05, 4.69) is 5.32 Å². The topological polar surface area (TPSA) is 92.8 Å². The van der Waals surface area contributed by atoms with Crippen LogP contribution in [0.5, 0.6) is 0 Å². The monoisotopic (exact) mass is 452 g/mol. The normalized spacial score (nSPS) is 15.5. The minimum atomic E-state index is -3.98. The Hall–Kier alpha value is -2.85. The number of hydrogen-bond acceptors (Lipinski definition) is 5. The van der Waals surface area contributed by atoms with Crippen LogP contribution in [0.1, 0.15) is 30.1 Å². The van der Waals surface area contributed by atoms with Crippen LogP contribution in [0.2, 0.25) is 0 Å². The maximum Gasteiger partial charge on any atom is 0.309 e. The minimum Gasteiger partial charge on any atom is -0.466 e. The van der Waals surface area contributed by atoms with Gasteiger partial charge in [-0.05, 0) is 50.1 Å². The summed E-state index contributed by atoms with van der Waals surface area (Å²) < 4.78 is 60.1. The molecule has 0 radical (unpaired) electrons. The Balaban J connectivity index is 1.71. The highest BCUT2D eigenvalue weighted by Gasteiger charge is 2.33. The summed E-state index contributed by atoms with van der Waals surface area (Å²) in [5.41, 5.74) is -0.531. The molecule has 0 atom stereocenters. The Morgan fingerprint density at radius 1 is 1.10 bits per heavy atom. The molecule has 2 aromatic rings. The van der Waals surface area contributed by atoms with Crippen LogP contribution in [-0.2, 0) is 19.6 Å². The van der Waals surface area contributed by atoms with E-state index >= 15 is 0 Å². The molecule has 31 heavy (non-hydrogen) atoms. The highest BCUT2D eigenvalue weighted by molar-refractivity contribution is 7.89. The lowest BCUT2D eigenvalue weighted by Crippen LogP contribution is -2.40. The Morgan fingerprint density at radius 3 is 2.39 bits per heavy atom. The van der Waals surface area contributed by atoms with Gasteiger partial charge in [-0.25, -0.2) is 17.2 Å². The van der Waals surface area contributed by atoms with Crippen LogP contribution in [0.15, 0.2) is 47.4 Å². The van der Waals surface area contributed by atoms with E-state index in [1.165, 1.54) is 28.6 Å². The smallest absolute Gasteiger partial charge is 0.309 e. The van der Waals surface area contributed by atoms with Crippen molar-refractivity contribution in [2.24, 2.45) is 5.92 Å². The number of anilines is 1. The molecule has 1 fully saturated rings. The van der Waals surface area contributed by atoms with Crippen LogP contribution < -0.4 is 5.32 Å². The van der Waals surface area contributed by atoms with Gasteiger partial charge in [0.05, 0.1) is 28.7 Å². The predicted molar refractivity (Wildman–Crippen MR) is 109 cm³/mol. The lowest BCUT2D eigenvalue weighted by atomic mass is 9.98. The molecule has 0 spiro atoms. The van der Waals surface area contributed by atoms with Gasteiger partial charge in [0, 0.05) is 13.1 Å². The van der Waals surface area contributed by atoms with Gasteiger partial charge in [0.15, 0.2) is 0 Å². The van der Waals surface area contributed by atoms with E-state index in [0.717, 1.165) is 18.2 Å². The number of piperidine rings is 1. The number of carbonyl (C=O) groups is 2.